The van der Waals surface area contributed by atoms with Crippen LogP contribution in [0.1, 0.15) is 29.8 Å². The van der Waals surface area contributed by atoms with Crippen molar-refractivity contribution in [3.63, 3.8) is 0 Å². The van der Waals surface area contributed by atoms with Crippen LogP contribution in [-0.4, -0.2) is 5.78 Å². The number of halogens is 1. The van der Waals surface area contributed by atoms with Crippen molar-refractivity contribution in [3.8, 4) is 0 Å². The van der Waals surface area contributed by atoms with Crippen LogP contribution in [0.4, 0.5) is 0 Å². The van der Waals surface area contributed by atoms with Gasteiger partial charge in [0.25, 0.3) is 0 Å². The number of hydrogen-bond acceptors (Lipinski definition) is 1. The Morgan fingerprint density at radius 3 is 2.46 bits per heavy atom. The number of aryl methyl sites for hydroxylation is 1. The summed E-state index contributed by atoms with van der Waals surface area (Å²) in [6.45, 7) is 5.69. The van der Waals surface area contributed by atoms with Crippen LogP contribution in [-0.2, 0) is 0 Å². The summed E-state index contributed by atoms with van der Waals surface area (Å²) in [7, 11) is 0. The second-order valence-electron chi connectivity index (χ2n) is 3.48. The minimum atomic E-state index is 0.0266. The van der Waals surface area contributed by atoms with E-state index in [1.54, 1.807) is 6.07 Å². The fraction of sp³-hybridized carbons (Fsp3) is 0.364. The lowest BCUT2D eigenvalue weighted by Crippen LogP contribution is -2.07. The van der Waals surface area contributed by atoms with Crippen molar-refractivity contribution in [1.29, 1.82) is 0 Å². The van der Waals surface area contributed by atoms with Crippen molar-refractivity contribution in [1.82, 2.24) is 0 Å². The molecule has 0 saturated heterocycles. The van der Waals surface area contributed by atoms with Crippen molar-refractivity contribution in [3.05, 3.63) is 34.3 Å². The predicted octanol–water partition coefficient (Wildman–Crippen LogP) is 3.49. The van der Waals surface area contributed by atoms with E-state index in [9.17, 15) is 4.79 Å². The first-order valence-corrected chi connectivity index (χ1v) is 4.70. The molecule has 0 fully saturated rings. The molecule has 1 nitrogen and oxygen atoms in total. The van der Waals surface area contributed by atoms with Crippen LogP contribution in [0.25, 0.3) is 0 Å². The van der Waals surface area contributed by atoms with E-state index in [1.165, 1.54) is 0 Å². The van der Waals surface area contributed by atoms with Crippen LogP contribution in [0, 0.1) is 12.8 Å². The lowest BCUT2D eigenvalue weighted by atomic mass is 10.0. The molecule has 0 spiro atoms. The molecule has 0 heterocycles. The van der Waals surface area contributed by atoms with Gasteiger partial charge in [-0.05, 0) is 18.6 Å². The Kier molecular flexibility index (Phi) is 3.10. The normalized spacial score (nSPS) is 10.5. The fourth-order valence-corrected chi connectivity index (χ4v) is 1.26. The van der Waals surface area contributed by atoms with Crippen molar-refractivity contribution in [2.45, 2.75) is 20.8 Å². The van der Waals surface area contributed by atoms with Gasteiger partial charge in [0.2, 0.25) is 0 Å². The van der Waals surface area contributed by atoms with Crippen LogP contribution in [0.15, 0.2) is 18.2 Å². The van der Waals surface area contributed by atoms with Gasteiger partial charge in [-0.1, -0.05) is 37.6 Å². The van der Waals surface area contributed by atoms with E-state index in [-0.39, 0.29) is 11.7 Å². The maximum Gasteiger partial charge on any atom is 0.165 e. The molecular weight excluding hydrogens is 184 g/mol. The summed E-state index contributed by atoms with van der Waals surface area (Å²) in [5.74, 6) is 0.167. The maximum atomic E-state index is 11.5. The third-order valence-electron chi connectivity index (χ3n) is 1.98. The first-order chi connectivity index (χ1) is 6.02. The fourth-order valence-electron chi connectivity index (χ4n) is 1.08. The maximum absolute atomic E-state index is 11.5. The summed E-state index contributed by atoms with van der Waals surface area (Å²) >= 11 is 5.91. The lowest BCUT2D eigenvalue weighted by Gasteiger charge is -2.05. The van der Waals surface area contributed by atoms with Gasteiger partial charge in [0.15, 0.2) is 5.78 Å². The molecule has 0 atom stereocenters. The van der Waals surface area contributed by atoms with Crippen molar-refractivity contribution in [2.24, 2.45) is 5.92 Å². The predicted molar refractivity (Wildman–Crippen MR) is 55.4 cm³/mol. The van der Waals surface area contributed by atoms with Gasteiger partial charge in [-0.25, -0.2) is 0 Å². The van der Waals surface area contributed by atoms with Crippen LogP contribution in [0.3, 0.4) is 0 Å². The molecule has 0 unspecified atom stereocenters. The smallest absolute Gasteiger partial charge is 0.165 e. The highest BCUT2D eigenvalue weighted by atomic mass is 35.5. The van der Waals surface area contributed by atoms with E-state index in [2.05, 4.69) is 0 Å². The summed E-state index contributed by atoms with van der Waals surface area (Å²) in [6.07, 6.45) is 0. The number of benzene rings is 1. The summed E-state index contributed by atoms with van der Waals surface area (Å²) in [5.41, 5.74) is 1.70. The molecule has 0 aliphatic carbocycles. The van der Waals surface area contributed by atoms with Crippen molar-refractivity contribution in [2.75, 3.05) is 0 Å². The number of hydrogen-bond donors (Lipinski definition) is 0. The van der Waals surface area contributed by atoms with E-state index in [4.69, 9.17) is 11.6 Å². The summed E-state index contributed by atoms with van der Waals surface area (Å²) in [6, 6.07) is 5.43. The Labute approximate surface area is 83.7 Å². The standard InChI is InChI=1S/C11H13ClO/c1-7(2)11(13)9-5-4-8(3)10(12)6-9/h4-7H,1-3H3. The number of rotatable bonds is 2. The van der Waals surface area contributed by atoms with Crippen molar-refractivity contribution >= 4 is 17.4 Å². The molecule has 0 aliphatic rings. The quantitative estimate of drug-likeness (QED) is 0.662. The molecule has 1 aromatic rings. The largest absolute Gasteiger partial charge is 0.294 e. The molecule has 0 radical (unpaired) electrons. The van der Waals surface area contributed by atoms with Gasteiger partial charge < -0.3 is 0 Å². The average molecular weight is 197 g/mol. The number of Topliss-reactive ketones (excluding diaryl/α,β-unsaturated/α-hetero) is 1. The summed E-state index contributed by atoms with van der Waals surface area (Å²) < 4.78 is 0. The summed E-state index contributed by atoms with van der Waals surface area (Å²) in [4.78, 5) is 11.5. The van der Waals surface area contributed by atoms with E-state index < -0.39 is 0 Å². The van der Waals surface area contributed by atoms with Gasteiger partial charge in [-0.15, -0.1) is 0 Å². The third kappa shape index (κ3) is 2.31. The molecule has 13 heavy (non-hydrogen) atoms. The Morgan fingerprint density at radius 1 is 1.38 bits per heavy atom. The molecule has 0 aromatic heterocycles. The highest BCUT2D eigenvalue weighted by Gasteiger charge is 2.10. The van der Waals surface area contributed by atoms with Gasteiger partial charge >= 0.3 is 0 Å². The Morgan fingerprint density at radius 2 is 2.00 bits per heavy atom. The van der Waals surface area contributed by atoms with Gasteiger partial charge in [-0.2, -0.15) is 0 Å². The second-order valence-corrected chi connectivity index (χ2v) is 3.89. The second kappa shape index (κ2) is 3.93. The van der Waals surface area contributed by atoms with Gasteiger partial charge in [0, 0.05) is 16.5 Å². The molecule has 0 aliphatic heterocycles. The Hall–Kier alpha value is -0.820. The summed E-state index contributed by atoms with van der Waals surface area (Å²) in [5, 5.41) is 0.659. The molecule has 0 amide bonds. The third-order valence-corrected chi connectivity index (χ3v) is 2.39. The van der Waals surface area contributed by atoms with Crippen LogP contribution in [0.5, 0.6) is 0 Å². The SMILES string of the molecule is Cc1ccc(C(=O)C(C)C)cc1Cl. The van der Waals surface area contributed by atoms with Crippen LogP contribution < -0.4 is 0 Å². The highest BCUT2D eigenvalue weighted by Crippen LogP contribution is 2.18. The molecular formula is C11H13ClO. The zero-order valence-corrected chi connectivity index (χ0v) is 8.85. The highest BCUT2D eigenvalue weighted by molar-refractivity contribution is 6.31. The first kappa shape index (κ1) is 10.3. The average Bonchev–Trinajstić information content (AvgIpc) is 2.08. The molecule has 0 saturated carbocycles. The van der Waals surface area contributed by atoms with Gasteiger partial charge in [0.05, 0.1) is 0 Å². The van der Waals surface area contributed by atoms with E-state index in [1.807, 2.05) is 32.9 Å². The minimum Gasteiger partial charge on any atom is -0.294 e. The topological polar surface area (TPSA) is 17.1 Å². The van der Waals surface area contributed by atoms with E-state index in [0.29, 0.717) is 10.6 Å². The Balaban J connectivity index is 3.04. The van der Waals surface area contributed by atoms with Gasteiger partial charge in [-0.3, -0.25) is 4.79 Å². The van der Waals surface area contributed by atoms with E-state index in [0.717, 1.165) is 5.56 Å². The van der Waals surface area contributed by atoms with Crippen molar-refractivity contribution < 1.29 is 4.79 Å². The van der Waals surface area contributed by atoms with Crippen LogP contribution >= 0.6 is 11.6 Å². The minimum absolute atomic E-state index is 0.0266. The van der Waals surface area contributed by atoms with Crippen LogP contribution in [0.2, 0.25) is 5.02 Å². The molecule has 70 valence electrons. The molecule has 0 bridgehead atoms. The first-order valence-electron chi connectivity index (χ1n) is 4.32. The molecule has 0 N–H and O–H groups in total. The molecule has 1 rings (SSSR count). The van der Waals surface area contributed by atoms with E-state index >= 15 is 0 Å². The number of carbonyl (C=O) groups is 1. The molecule has 1 aromatic carbocycles. The number of ketones is 1. The Bertz CT molecular complexity index is 329. The zero-order chi connectivity index (χ0) is 10.0. The zero-order valence-electron chi connectivity index (χ0n) is 8.10. The number of carbonyl (C=O) groups excluding carboxylic acids is 1. The lowest BCUT2D eigenvalue weighted by molar-refractivity contribution is 0.0939. The molecule has 2 heteroatoms. The van der Waals surface area contributed by atoms with Gasteiger partial charge in [0.1, 0.15) is 0 Å². The monoisotopic (exact) mass is 196 g/mol.